The summed E-state index contributed by atoms with van der Waals surface area (Å²) in [5, 5.41) is 0. The first-order valence-electron chi connectivity index (χ1n) is 4.70. The fourth-order valence-electron chi connectivity index (χ4n) is 1.89. The van der Waals surface area contributed by atoms with Crippen molar-refractivity contribution in [3.63, 3.8) is 0 Å². The molecular weight excluding hydrogens is 242 g/mol. The average molecular weight is 254 g/mol. The highest BCUT2D eigenvalue weighted by atomic mass is 79.9. The fourth-order valence-corrected chi connectivity index (χ4v) is 2.49. The van der Waals surface area contributed by atoms with Crippen LogP contribution in [0.3, 0.4) is 0 Å². The van der Waals surface area contributed by atoms with Crippen LogP contribution < -0.4 is 4.90 Å². The minimum Gasteiger partial charge on any atom is -0.308 e. The van der Waals surface area contributed by atoms with E-state index in [0.717, 1.165) is 15.7 Å². The van der Waals surface area contributed by atoms with Crippen LogP contribution in [0, 0.1) is 0 Å². The van der Waals surface area contributed by atoms with Crippen LogP contribution in [0.15, 0.2) is 22.7 Å². The number of hydrogen-bond donors (Lipinski definition) is 0. The summed E-state index contributed by atoms with van der Waals surface area (Å²) >= 11 is 3.49. The molecule has 0 N–H and O–H groups in total. The van der Waals surface area contributed by atoms with Gasteiger partial charge in [-0.05, 0) is 41.4 Å². The lowest BCUT2D eigenvalue weighted by Crippen LogP contribution is -2.33. The number of anilines is 1. The number of carbonyl (C=O) groups excluding carboxylic acids is 1. The predicted molar refractivity (Wildman–Crippen MR) is 60.5 cm³/mol. The van der Waals surface area contributed by atoms with E-state index < -0.39 is 0 Å². The molecule has 74 valence electrons. The van der Waals surface area contributed by atoms with Crippen LogP contribution in [0.5, 0.6) is 0 Å². The van der Waals surface area contributed by atoms with Crippen molar-refractivity contribution < 1.29 is 4.79 Å². The zero-order chi connectivity index (χ0) is 10.3. The molecule has 0 fully saturated rings. The Bertz CT molecular complexity index is 387. The highest BCUT2D eigenvalue weighted by Crippen LogP contribution is 2.36. The first-order valence-corrected chi connectivity index (χ1v) is 5.50. The fraction of sp³-hybridized carbons (Fsp3) is 0.364. The molecule has 1 amide bonds. The van der Waals surface area contributed by atoms with E-state index in [1.165, 1.54) is 0 Å². The van der Waals surface area contributed by atoms with E-state index in [2.05, 4.69) is 15.9 Å². The molecule has 0 unspecified atom stereocenters. The number of nitrogens with zero attached hydrogens (tertiary/aromatic N) is 1. The monoisotopic (exact) mass is 253 g/mol. The molecule has 0 atom stereocenters. The molecule has 0 radical (unpaired) electrons. The third-order valence-corrected chi connectivity index (χ3v) is 3.08. The molecule has 3 heteroatoms. The number of benzene rings is 1. The smallest absolute Gasteiger partial charge is 0.231 e. The van der Waals surface area contributed by atoms with Crippen molar-refractivity contribution in [3.05, 3.63) is 28.2 Å². The van der Waals surface area contributed by atoms with Crippen molar-refractivity contribution in [2.75, 3.05) is 4.90 Å². The molecule has 1 aliphatic rings. The van der Waals surface area contributed by atoms with Crippen molar-refractivity contribution in [2.45, 2.75) is 26.3 Å². The summed E-state index contributed by atoms with van der Waals surface area (Å²) in [5.74, 6) is 0.196. The van der Waals surface area contributed by atoms with E-state index in [4.69, 9.17) is 0 Å². The van der Waals surface area contributed by atoms with Gasteiger partial charge in [-0.1, -0.05) is 12.1 Å². The lowest BCUT2D eigenvalue weighted by atomic mass is 10.2. The van der Waals surface area contributed by atoms with E-state index in [0.29, 0.717) is 6.42 Å². The minimum absolute atomic E-state index is 0.196. The standard InChI is InChI=1S/C11H12BrNO/c1-7(2)13-10(14)6-8-4-3-5-9(12)11(8)13/h3-5,7H,6H2,1-2H3. The minimum atomic E-state index is 0.196. The molecule has 0 aromatic heterocycles. The molecule has 2 nitrogen and oxygen atoms in total. The maximum Gasteiger partial charge on any atom is 0.231 e. The van der Waals surface area contributed by atoms with E-state index in [-0.39, 0.29) is 11.9 Å². The molecule has 0 spiro atoms. The highest BCUT2D eigenvalue weighted by molar-refractivity contribution is 9.10. The third kappa shape index (κ3) is 1.36. The van der Waals surface area contributed by atoms with Gasteiger partial charge in [-0.3, -0.25) is 4.79 Å². The Kier molecular flexibility index (Phi) is 2.35. The number of carbonyl (C=O) groups is 1. The van der Waals surface area contributed by atoms with Crippen molar-refractivity contribution in [2.24, 2.45) is 0 Å². The van der Waals surface area contributed by atoms with Gasteiger partial charge in [0.15, 0.2) is 0 Å². The van der Waals surface area contributed by atoms with Crippen LogP contribution >= 0.6 is 15.9 Å². The Morgan fingerprint density at radius 2 is 2.14 bits per heavy atom. The number of rotatable bonds is 1. The van der Waals surface area contributed by atoms with Gasteiger partial charge in [0, 0.05) is 10.5 Å². The largest absolute Gasteiger partial charge is 0.308 e. The SMILES string of the molecule is CC(C)N1C(=O)Cc2cccc(Br)c21. The Labute approximate surface area is 92.0 Å². The summed E-state index contributed by atoms with van der Waals surface area (Å²) in [6, 6.07) is 6.19. The van der Waals surface area contributed by atoms with Gasteiger partial charge in [0.25, 0.3) is 0 Å². The number of para-hydroxylation sites is 1. The van der Waals surface area contributed by atoms with E-state index in [1.807, 2.05) is 36.9 Å². The first kappa shape index (κ1) is 9.71. The van der Waals surface area contributed by atoms with Crippen LogP contribution in [-0.2, 0) is 11.2 Å². The lowest BCUT2D eigenvalue weighted by molar-refractivity contribution is -0.117. The Morgan fingerprint density at radius 1 is 1.43 bits per heavy atom. The summed E-state index contributed by atoms with van der Waals surface area (Å²) in [7, 11) is 0. The molecule has 1 heterocycles. The van der Waals surface area contributed by atoms with Crippen LogP contribution in [0.4, 0.5) is 5.69 Å². The van der Waals surface area contributed by atoms with Crippen LogP contribution in [0.1, 0.15) is 19.4 Å². The Morgan fingerprint density at radius 3 is 2.79 bits per heavy atom. The van der Waals surface area contributed by atoms with Gasteiger partial charge in [0.2, 0.25) is 5.91 Å². The van der Waals surface area contributed by atoms with Gasteiger partial charge in [-0.2, -0.15) is 0 Å². The Balaban J connectivity index is 2.55. The predicted octanol–water partition coefficient (Wildman–Crippen LogP) is 2.75. The van der Waals surface area contributed by atoms with Gasteiger partial charge in [-0.15, -0.1) is 0 Å². The maximum atomic E-state index is 11.7. The van der Waals surface area contributed by atoms with Crippen molar-refractivity contribution in [3.8, 4) is 0 Å². The zero-order valence-corrected chi connectivity index (χ0v) is 9.84. The zero-order valence-electron chi connectivity index (χ0n) is 8.25. The molecule has 0 aliphatic carbocycles. The van der Waals surface area contributed by atoms with Crippen molar-refractivity contribution in [1.82, 2.24) is 0 Å². The lowest BCUT2D eigenvalue weighted by Gasteiger charge is -2.22. The number of hydrogen-bond acceptors (Lipinski definition) is 1. The van der Waals surface area contributed by atoms with Gasteiger partial charge in [-0.25, -0.2) is 0 Å². The summed E-state index contributed by atoms with van der Waals surface area (Å²) in [6.45, 7) is 4.07. The second-order valence-electron chi connectivity index (χ2n) is 3.78. The van der Waals surface area contributed by atoms with E-state index >= 15 is 0 Å². The van der Waals surface area contributed by atoms with E-state index in [1.54, 1.807) is 0 Å². The first-order chi connectivity index (χ1) is 6.61. The van der Waals surface area contributed by atoms with Crippen molar-refractivity contribution >= 4 is 27.5 Å². The number of amides is 1. The van der Waals surface area contributed by atoms with E-state index in [9.17, 15) is 4.79 Å². The summed E-state index contributed by atoms with van der Waals surface area (Å²) < 4.78 is 1.01. The van der Waals surface area contributed by atoms with Crippen LogP contribution in [0.2, 0.25) is 0 Å². The molecular formula is C11H12BrNO. The molecule has 1 aromatic carbocycles. The summed E-state index contributed by atoms with van der Waals surface area (Å²) in [4.78, 5) is 13.6. The number of fused-ring (bicyclic) bond motifs is 1. The average Bonchev–Trinajstić information content (AvgIpc) is 2.42. The second kappa shape index (κ2) is 3.39. The van der Waals surface area contributed by atoms with Gasteiger partial charge in [0.05, 0.1) is 12.1 Å². The third-order valence-electron chi connectivity index (χ3n) is 2.44. The molecule has 2 rings (SSSR count). The van der Waals surface area contributed by atoms with Crippen molar-refractivity contribution in [1.29, 1.82) is 0 Å². The molecule has 1 aliphatic heterocycles. The highest BCUT2D eigenvalue weighted by Gasteiger charge is 2.30. The quantitative estimate of drug-likeness (QED) is 0.754. The molecule has 14 heavy (non-hydrogen) atoms. The topological polar surface area (TPSA) is 20.3 Å². The van der Waals surface area contributed by atoms with Gasteiger partial charge in [0.1, 0.15) is 0 Å². The van der Waals surface area contributed by atoms with Gasteiger partial charge < -0.3 is 4.90 Å². The molecule has 0 saturated heterocycles. The molecule has 1 aromatic rings. The van der Waals surface area contributed by atoms with Gasteiger partial charge >= 0.3 is 0 Å². The molecule has 0 saturated carbocycles. The second-order valence-corrected chi connectivity index (χ2v) is 4.64. The number of halogens is 1. The summed E-state index contributed by atoms with van der Waals surface area (Å²) in [6.07, 6.45) is 0.535. The molecule has 0 bridgehead atoms. The summed E-state index contributed by atoms with van der Waals surface area (Å²) in [5.41, 5.74) is 2.17. The maximum absolute atomic E-state index is 11.7. The Hall–Kier alpha value is -0.830. The van der Waals surface area contributed by atoms with Crippen LogP contribution in [0.25, 0.3) is 0 Å². The normalized spacial score (nSPS) is 15.1. The van der Waals surface area contributed by atoms with Crippen LogP contribution in [-0.4, -0.2) is 11.9 Å².